The maximum absolute atomic E-state index is 13.4. The van der Waals surface area contributed by atoms with Crippen molar-refractivity contribution in [3.05, 3.63) is 35.4 Å². The molecule has 0 aromatic heterocycles. The normalized spacial score (nSPS) is 33.6. The number of anilines is 1. The van der Waals surface area contributed by atoms with Crippen molar-refractivity contribution in [1.82, 2.24) is 0 Å². The van der Waals surface area contributed by atoms with Gasteiger partial charge in [0.2, 0.25) is 11.8 Å². The molecular formula is C21H23NO3. The van der Waals surface area contributed by atoms with Crippen LogP contribution in [0.1, 0.15) is 38.5 Å². The predicted octanol–water partition coefficient (Wildman–Crippen LogP) is 3.71. The molecule has 0 N–H and O–H groups in total. The van der Waals surface area contributed by atoms with Crippen LogP contribution in [0.25, 0.3) is 0 Å². The molecule has 3 aliphatic carbocycles. The number of hydrogen-bond donors (Lipinski definition) is 0. The first-order valence-corrected chi connectivity index (χ1v) is 9.45. The van der Waals surface area contributed by atoms with E-state index in [9.17, 15) is 9.59 Å². The lowest BCUT2D eigenvalue weighted by Gasteiger charge is -2.34. The van der Waals surface area contributed by atoms with E-state index >= 15 is 0 Å². The molecule has 25 heavy (non-hydrogen) atoms. The van der Waals surface area contributed by atoms with E-state index in [0.717, 1.165) is 38.5 Å². The molecule has 4 heteroatoms. The van der Waals surface area contributed by atoms with Gasteiger partial charge in [-0.2, -0.15) is 0 Å². The van der Waals surface area contributed by atoms with Crippen molar-refractivity contribution in [1.29, 1.82) is 0 Å². The third-order valence-corrected chi connectivity index (χ3v) is 6.82. The van der Waals surface area contributed by atoms with Gasteiger partial charge in [0.25, 0.3) is 0 Å². The van der Waals surface area contributed by atoms with Crippen LogP contribution in [-0.4, -0.2) is 18.9 Å². The summed E-state index contributed by atoms with van der Waals surface area (Å²) in [5, 5.41) is 0. The number of nitrogens with zero attached hydrogens (tertiary/aromatic N) is 1. The van der Waals surface area contributed by atoms with Crippen LogP contribution in [0.2, 0.25) is 0 Å². The summed E-state index contributed by atoms with van der Waals surface area (Å²) < 4.78 is 5.42. The van der Waals surface area contributed by atoms with Gasteiger partial charge in [-0.25, -0.2) is 4.90 Å². The molecule has 0 bridgehead atoms. The lowest BCUT2D eigenvalue weighted by Crippen LogP contribution is -2.35. The third-order valence-electron chi connectivity index (χ3n) is 6.82. The summed E-state index contributed by atoms with van der Waals surface area (Å²) in [7, 11) is 1.59. The fourth-order valence-corrected chi connectivity index (χ4v) is 5.94. The van der Waals surface area contributed by atoms with Gasteiger partial charge < -0.3 is 4.74 Å². The Morgan fingerprint density at radius 2 is 1.48 bits per heavy atom. The van der Waals surface area contributed by atoms with E-state index in [4.69, 9.17) is 4.74 Å². The first kappa shape index (κ1) is 15.2. The van der Waals surface area contributed by atoms with Crippen molar-refractivity contribution in [3.63, 3.8) is 0 Å². The minimum absolute atomic E-state index is 0.00477. The highest BCUT2D eigenvalue weighted by Gasteiger charge is 2.59. The van der Waals surface area contributed by atoms with Crippen LogP contribution in [-0.2, 0) is 9.59 Å². The van der Waals surface area contributed by atoms with E-state index in [1.54, 1.807) is 7.11 Å². The molecule has 2 amide bonds. The van der Waals surface area contributed by atoms with Crippen LogP contribution in [0, 0.1) is 23.7 Å². The van der Waals surface area contributed by atoms with Gasteiger partial charge in [0, 0.05) is 0 Å². The number of ether oxygens (including phenoxy) is 1. The minimum atomic E-state index is -0.151. The second kappa shape index (κ2) is 5.45. The number of hydrogen-bond acceptors (Lipinski definition) is 3. The van der Waals surface area contributed by atoms with Gasteiger partial charge in [0.15, 0.2) is 0 Å². The van der Waals surface area contributed by atoms with Crippen molar-refractivity contribution in [2.45, 2.75) is 38.5 Å². The fraction of sp³-hybridized carbons (Fsp3) is 0.524. The first-order chi connectivity index (χ1) is 12.2. The number of amides is 2. The number of benzene rings is 1. The third kappa shape index (κ3) is 1.94. The van der Waals surface area contributed by atoms with E-state index in [-0.39, 0.29) is 23.7 Å². The number of allylic oxidation sites excluding steroid dienone is 2. The maximum atomic E-state index is 13.4. The van der Waals surface area contributed by atoms with Crippen molar-refractivity contribution in [2.75, 3.05) is 12.0 Å². The maximum Gasteiger partial charge on any atom is 0.238 e. The molecule has 130 valence electrons. The Morgan fingerprint density at radius 1 is 0.920 bits per heavy atom. The minimum Gasteiger partial charge on any atom is -0.495 e. The number of fused-ring (bicyclic) bond motifs is 5. The summed E-state index contributed by atoms with van der Waals surface area (Å²) in [6, 6.07) is 7.37. The highest BCUT2D eigenvalue weighted by Crippen LogP contribution is 2.58. The van der Waals surface area contributed by atoms with Crippen molar-refractivity contribution < 1.29 is 14.3 Å². The SMILES string of the molecule is COc1ccccc1N1C(=O)[C@H]2[C@H](C1=O)[C@H]1CCCC1=C1CCC[C@H]12. The van der Waals surface area contributed by atoms with E-state index in [1.165, 1.54) is 16.0 Å². The molecule has 1 aromatic carbocycles. The summed E-state index contributed by atoms with van der Waals surface area (Å²) in [4.78, 5) is 28.2. The van der Waals surface area contributed by atoms with Gasteiger partial charge in [-0.15, -0.1) is 0 Å². The topological polar surface area (TPSA) is 46.6 Å². The molecule has 5 rings (SSSR count). The molecule has 1 heterocycles. The quantitative estimate of drug-likeness (QED) is 0.610. The van der Waals surface area contributed by atoms with Crippen LogP contribution >= 0.6 is 0 Å². The fourth-order valence-electron chi connectivity index (χ4n) is 5.94. The van der Waals surface area contributed by atoms with Crippen LogP contribution in [0.4, 0.5) is 5.69 Å². The Kier molecular flexibility index (Phi) is 3.31. The Balaban J connectivity index is 1.62. The standard InChI is InChI=1S/C21H23NO3/c1-25-17-11-3-2-10-16(17)22-20(23)18-14-8-4-6-12(14)13-7-5-9-15(13)19(18)21(22)24/h2-3,10-11,14-15,18-19H,4-9H2,1H3/t14-,15+,18-,19-/m1/s1. The molecule has 0 unspecified atom stereocenters. The Labute approximate surface area is 147 Å². The number of methoxy groups -OCH3 is 1. The van der Waals surface area contributed by atoms with E-state index in [2.05, 4.69) is 0 Å². The molecule has 2 saturated carbocycles. The highest BCUT2D eigenvalue weighted by atomic mass is 16.5. The van der Waals surface area contributed by atoms with Crippen molar-refractivity contribution in [2.24, 2.45) is 23.7 Å². The monoisotopic (exact) mass is 337 g/mol. The first-order valence-electron chi connectivity index (χ1n) is 9.45. The number of carbonyl (C=O) groups excluding carboxylic acids is 2. The van der Waals surface area contributed by atoms with Gasteiger partial charge in [0.1, 0.15) is 5.75 Å². The second-order valence-corrected chi connectivity index (χ2v) is 7.78. The zero-order valence-electron chi connectivity index (χ0n) is 14.5. The number of rotatable bonds is 2. The molecule has 0 spiro atoms. The molecule has 4 atom stereocenters. The summed E-state index contributed by atoms with van der Waals surface area (Å²) in [5.41, 5.74) is 3.67. The van der Waals surface area contributed by atoms with Crippen molar-refractivity contribution in [3.8, 4) is 5.75 Å². The summed E-state index contributed by atoms with van der Waals surface area (Å²) in [6.07, 6.45) is 6.72. The molecular weight excluding hydrogens is 314 g/mol. The number of para-hydroxylation sites is 2. The van der Waals surface area contributed by atoms with Gasteiger partial charge >= 0.3 is 0 Å². The van der Waals surface area contributed by atoms with E-state index in [0.29, 0.717) is 23.3 Å². The average molecular weight is 337 g/mol. The van der Waals surface area contributed by atoms with Gasteiger partial charge in [0.05, 0.1) is 24.6 Å². The Hall–Kier alpha value is -2.10. The molecule has 1 saturated heterocycles. The highest BCUT2D eigenvalue weighted by molar-refractivity contribution is 6.23. The molecule has 3 fully saturated rings. The largest absolute Gasteiger partial charge is 0.495 e. The lowest BCUT2D eigenvalue weighted by molar-refractivity contribution is -0.122. The summed E-state index contributed by atoms with van der Waals surface area (Å²) in [5.74, 6) is 0.873. The van der Waals surface area contributed by atoms with E-state index in [1.807, 2.05) is 24.3 Å². The molecule has 4 aliphatic rings. The predicted molar refractivity (Wildman–Crippen MR) is 94.2 cm³/mol. The zero-order chi connectivity index (χ0) is 17.1. The van der Waals surface area contributed by atoms with Crippen LogP contribution in [0.15, 0.2) is 35.4 Å². The van der Waals surface area contributed by atoms with Crippen molar-refractivity contribution >= 4 is 17.5 Å². The van der Waals surface area contributed by atoms with Crippen LogP contribution in [0.5, 0.6) is 5.75 Å². The van der Waals surface area contributed by atoms with Crippen LogP contribution < -0.4 is 9.64 Å². The summed E-state index contributed by atoms with van der Waals surface area (Å²) >= 11 is 0. The molecule has 1 aromatic rings. The lowest BCUT2D eigenvalue weighted by atomic mass is 9.66. The zero-order valence-corrected chi connectivity index (χ0v) is 14.5. The Bertz CT molecular complexity index is 754. The number of imide groups is 1. The summed E-state index contributed by atoms with van der Waals surface area (Å²) in [6.45, 7) is 0. The van der Waals surface area contributed by atoms with Gasteiger partial charge in [-0.3, -0.25) is 9.59 Å². The van der Waals surface area contributed by atoms with E-state index < -0.39 is 0 Å². The molecule has 0 radical (unpaired) electrons. The van der Waals surface area contributed by atoms with Gasteiger partial charge in [-0.05, 0) is 62.5 Å². The Morgan fingerprint density at radius 3 is 2.04 bits per heavy atom. The van der Waals surface area contributed by atoms with Crippen LogP contribution in [0.3, 0.4) is 0 Å². The number of carbonyl (C=O) groups is 2. The smallest absolute Gasteiger partial charge is 0.238 e. The van der Waals surface area contributed by atoms with Gasteiger partial charge in [-0.1, -0.05) is 23.3 Å². The average Bonchev–Trinajstić information content (AvgIpc) is 3.33. The second-order valence-electron chi connectivity index (χ2n) is 7.78. The molecule has 1 aliphatic heterocycles. The molecule has 4 nitrogen and oxygen atoms in total.